The predicted molar refractivity (Wildman–Crippen MR) is 109 cm³/mol. The number of hydrogen-bond acceptors (Lipinski definition) is 2. The molecule has 3 nitrogen and oxygen atoms in total. The molecule has 4 aliphatic rings. The molecule has 4 fully saturated rings. The maximum absolute atomic E-state index is 10.9. The van der Waals surface area contributed by atoms with Crippen molar-refractivity contribution in [1.82, 2.24) is 5.32 Å². The van der Waals surface area contributed by atoms with Gasteiger partial charge in [-0.3, -0.25) is 4.79 Å². The van der Waals surface area contributed by atoms with Crippen molar-refractivity contribution in [2.75, 3.05) is 6.61 Å². The third-order valence-corrected chi connectivity index (χ3v) is 8.84. The molecule has 3 saturated carbocycles. The van der Waals surface area contributed by atoms with Gasteiger partial charge in [0.25, 0.3) is 0 Å². The van der Waals surface area contributed by atoms with E-state index in [9.17, 15) is 4.79 Å². The Balaban J connectivity index is 1.52. The number of nitrogens with one attached hydrogen (secondary N) is 1. The first-order chi connectivity index (χ1) is 12.8. The van der Waals surface area contributed by atoms with Crippen molar-refractivity contribution in [2.45, 2.75) is 84.6 Å². The fourth-order valence-corrected chi connectivity index (χ4v) is 7.44. The van der Waals surface area contributed by atoms with Crippen LogP contribution in [0.25, 0.3) is 0 Å². The predicted octanol–water partition coefficient (Wildman–Crippen LogP) is 5.37. The molecule has 4 atom stereocenters. The summed E-state index contributed by atoms with van der Waals surface area (Å²) in [5, 5.41) is 2.87. The highest BCUT2D eigenvalue weighted by atomic mass is 16.5. The van der Waals surface area contributed by atoms with Crippen LogP contribution in [0.4, 0.5) is 0 Å². The molecule has 0 bridgehead atoms. The normalized spacial score (nSPS) is 40.5. The Bertz CT molecular complexity index is 645. The molecule has 150 valence electrons. The molecule has 3 heteroatoms. The van der Waals surface area contributed by atoms with E-state index in [0.717, 1.165) is 36.0 Å². The minimum Gasteiger partial charge on any atom is -0.491 e. The second-order valence-corrected chi connectivity index (χ2v) is 10.7. The van der Waals surface area contributed by atoms with E-state index in [1.54, 1.807) is 0 Å². The van der Waals surface area contributed by atoms with E-state index in [-0.39, 0.29) is 6.04 Å². The van der Waals surface area contributed by atoms with Crippen LogP contribution >= 0.6 is 0 Å². The smallest absolute Gasteiger partial charge is 0.207 e. The van der Waals surface area contributed by atoms with E-state index in [1.807, 2.05) is 0 Å². The number of amides is 1. The molecule has 0 unspecified atom stereocenters. The van der Waals surface area contributed by atoms with Gasteiger partial charge >= 0.3 is 0 Å². The summed E-state index contributed by atoms with van der Waals surface area (Å²) in [4.78, 5) is 10.9. The van der Waals surface area contributed by atoms with Gasteiger partial charge in [-0.1, -0.05) is 39.8 Å². The highest BCUT2D eigenvalue weighted by molar-refractivity contribution is 5.50. The van der Waals surface area contributed by atoms with Crippen molar-refractivity contribution in [1.29, 1.82) is 0 Å². The number of hydrogen-bond donors (Lipinski definition) is 1. The lowest BCUT2D eigenvalue weighted by molar-refractivity contribution is -0.110. The summed E-state index contributed by atoms with van der Waals surface area (Å²) in [5.74, 6) is 2.45. The minimum atomic E-state index is -0.0202. The third-order valence-electron chi connectivity index (χ3n) is 8.84. The van der Waals surface area contributed by atoms with Crippen molar-refractivity contribution in [3.8, 4) is 0 Å². The summed E-state index contributed by atoms with van der Waals surface area (Å²) in [6.07, 6.45) is 15.4. The van der Waals surface area contributed by atoms with Crippen LogP contribution in [0.1, 0.15) is 78.6 Å². The molecule has 1 saturated heterocycles. The van der Waals surface area contributed by atoms with Crippen LogP contribution < -0.4 is 5.32 Å². The molecule has 1 heterocycles. The van der Waals surface area contributed by atoms with Gasteiger partial charge in [-0.15, -0.1) is 0 Å². The van der Waals surface area contributed by atoms with Crippen molar-refractivity contribution in [3.63, 3.8) is 0 Å². The van der Waals surface area contributed by atoms with E-state index in [1.165, 1.54) is 51.4 Å². The molecule has 1 N–H and O–H groups in total. The highest BCUT2D eigenvalue weighted by Crippen LogP contribution is 2.72. The number of carbonyl (C=O) groups excluding carboxylic acids is 1. The van der Waals surface area contributed by atoms with E-state index < -0.39 is 0 Å². The average molecular weight is 372 g/mol. The molecule has 0 radical (unpaired) electrons. The molecule has 0 aromatic carbocycles. The molecule has 4 rings (SSSR count). The molecule has 0 aromatic rings. The van der Waals surface area contributed by atoms with E-state index in [2.05, 4.69) is 38.7 Å². The van der Waals surface area contributed by atoms with Crippen LogP contribution in [0.3, 0.4) is 0 Å². The van der Waals surface area contributed by atoms with Gasteiger partial charge in [0.15, 0.2) is 0 Å². The SMILES string of the molecule is C=C1OC[C@@H](NC=O)/C1=C\CC[C@H]1C2(CC[C@H]3C(C)(C)CCC[C@@]31C)CC2. The van der Waals surface area contributed by atoms with Crippen molar-refractivity contribution in [3.05, 3.63) is 24.0 Å². The van der Waals surface area contributed by atoms with E-state index >= 15 is 0 Å². The molecule has 1 amide bonds. The van der Waals surface area contributed by atoms with Gasteiger partial charge in [0.05, 0.1) is 6.04 Å². The lowest BCUT2D eigenvalue weighted by atomic mass is 9.45. The monoisotopic (exact) mass is 371 g/mol. The molecule has 1 spiro atoms. The quantitative estimate of drug-likeness (QED) is 0.659. The molecule has 0 aromatic heterocycles. The number of allylic oxidation sites excluding steroid dienone is 1. The first-order valence-electron chi connectivity index (χ1n) is 11.0. The number of fused-ring (bicyclic) bond motifs is 1. The maximum Gasteiger partial charge on any atom is 0.207 e. The van der Waals surface area contributed by atoms with Gasteiger partial charge in [-0.05, 0) is 79.4 Å². The molecule has 1 aliphatic heterocycles. The summed E-state index contributed by atoms with van der Waals surface area (Å²) in [5.41, 5.74) is 2.72. The Morgan fingerprint density at radius 2 is 1.96 bits per heavy atom. The first kappa shape index (κ1) is 19.1. The molecule has 3 aliphatic carbocycles. The van der Waals surface area contributed by atoms with Gasteiger partial charge in [0, 0.05) is 5.57 Å². The Morgan fingerprint density at radius 1 is 1.19 bits per heavy atom. The summed E-state index contributed by atoms with van der Waals surface area (Å²) < 4.78 is 5.58. The second-order valence-electron chi connectivity index (χ2n) is 10.7. The standard InChI is InChI=1S/C24H37NO2/c1-17-18(19(15-27-17)25-16-26)7-5-8-21-23(4)11-6-10-22(2,3)20(23)9-12-24(21)13-14-24/h7,16,19-21H,1,5-6,8-15H2,2-4H3,(H,25,26)/b18-7-/t19-,20+,21-,23+/m1/s1. The Labute approximate surface area is 165 Å². The van der Waals surface area contributed by atoms with E-state index in [0.29, 0.717) is 22.9 Å². The largest absolute Gasteiger partial charge is 0.491 e. The van der Waals surface area contributed by atoms with Crippen molar-refractivity contribution >= 4 is 6.41 Å². The lowest BCUT2D eigenvalue weighted by Gasteiger charge is -2.60. The van der Waals surface area contributed by atoms with Crippen molar-refractivity contribution < 1.29 is 9.53 Å². The first-order valence-corrected chi connectivity index (χ1v) is 11.0. The zero-order valence-electron chi connectivity index (χ0n) is 17.5. The molecule has 27 heavy (non-hydrogen) atoms. The highest BCUT2D eigenvalue weighted by Gasteiger charge is 2.62. The summed E-state index contributed by atoms with van der Waals surface area (Å²) in [6, 6.07) is -0.0202. The second kappa shape index (κ2) is 6.67. The molecular formula is C24H37NO2. The average Bonchev–Trinajstić information content (AvgIpc) is 3.28. The van der Waals surface area contributed by atoms with Gasteiger partial charge in [-0.25, -0.2) is 0 Å². The maximum atomic E-state index is 10.9. The van der Waals surface area contributed by atoms with Crippen LogP contribution in [-0.4, -0.2) is 19.1 Å². The van der Waals surface area contributed by atoms with Crippen LogP contribution in [-0.2, 0) is 9.53 Å². The van der Waals surface area contributed by atoms with Gasteiger partial charge in [0.2, 0.25) is 6.41 Å². The Morgan fingerprint density at radius 3 is 2.67 bits per heavy atom. The van der Waals surface area contributed by atoms with E-state index in [4.69, 9.17) is 4.74 Å². The Kier molecular flexibility index (Phi) is 4.71. The van der Waals surface area contributed by atoms with Gasteiger partial charge in [-0.2, -0.15) is 0 Å². The zero-order valence-corrected chi connectivity index (χ0v) is 17.5. The van der Waals surface area contributed by atoms with Crippen LogP contribution in [0.15, 0.2) is 24.0 Å². The van der Waals surface area contributed by atoms with Gasteiger partial charge in [0.1, 0.15) is 12.4 Å². The van der Waals surface area contributed by atoms with Crippen molar-refractivity contribution in [2.24, 2.45) is 28.1 Å². The topological polar surface area (TPSA) is 38.3 Å². The lowest BCUT2D eigenvalue weighted by Crippen LogP contribution is -2.52. The van der Waals surface area contributed by atoms with Crippen LogP contribution in [0, 0.1) is 28.1 Å². The number of ether oxygens (including phenoxy) is 1. The fourth-order valence-electron chi connectivity index (χ4n) is 7.44. The summed E-state index contributed by atoms with van der Waals surface area (Å²) in [7, 11) is 0. The van der Waals surface area contributed by atoms with Crippen LogP contribution in [0.2, 0.25) is 0 Å². The summed E-state index contributed by atoms with van der Waals surface area (Å²) >= 11 is 0. The zero-order chi connectivity index (χ0) is 19.3. The third kappa shape index (κ3) is 3.15. The minimum absolute atomic E-state index is 0.0202. The number of carbonyl (C=O) groups is 1. The summed E-state index contributed by atoms with van der Waals surface area (Å²) in [6.45, 7) is 12.2. The number of rotatable bonds is 5. The fraction of sp³-hybridized carbons (Fsp3) is 0.792. The van der Waals surface area contributed by atoms with Gasteiger partial charge < -0.3 is 10.1 Å². The van der Waals surface area contributed by atoms with Crippen LogP contribution in [0.5, 0.6) is 0 Å². The molecular weight excluding hydrogens is 334 g/mol. The Hall–Kier alpha value is -1.25.